The van der Waals surface area contributed by atoms with Gasteiger partial charge < -0.3 is 25.0 Å². The number of fused-ring (bicyclic) bond motifs is 1. The molecule has 1 saturated heterocycles. The number of amides is 1. The summed E-state index contributed by atoms with van der Waals surface area (Å²) in [4.78, 5) is 37.4. The third-order valence-corrected chi connectivity index (χ3v) is 9.56. The Balaban J connectivity index is 1.29. The van der Waals surface area contributed by atoms with Gasteiger partial charge in [0.25, 0.3) is 5.56 Å². The molecule has 2 atom stereocenters. The highest BCUT2D eigenvalue weighted by Crippen LogP contribution is 2.45. The zero-order valence-corrected chi connectivity index (χ0v) is 27.4. The van der Waals surface area contributed by atoms with Crippen LogP contribution in [0.1, 0.15) is 38.1 Å². The summed E-state index contributed by atoms with van der Waals surface area (Å²) in [5.41, 5.74) is 0.578. The highest BCUT2D eigenvalue weighted by Gasteiger charge is 2.35. The molecule has 14 heteroatoms. The van der Waals surface area contributed by atoms with Crippen molar-refractivity contribution in [1.82, 2.24) is 29.6 Å². The maximum absolute atomic E-state index is 13.7. The molecule has 0 unspecified atom stereocenters. The minimum absolute atomic E-state index is 0.186. The molecule has 2 N–H and O–H groups in total. The van der Waals surface area contributed by atoms with E-state index in [4.69, 9.17) is 42.8 Å². The molecule has 3 aromatic heterocycles. The summed E-state index contributed by atoms with van der Waals surface area (Å²) in [6.45, 7) is 4.70. The van der Waals surface area contributed by atoms with E-state index in [1.54, 1.807) is 25.4 Å². The monoisotopic (exact) mass is 666 g/mol. The molecule has 0 bridgehead atoms. The van der Waals surface area contributed by atoms with E-state index in [1.165, 1.54) is 44.1 Å². The lowest BCUT2D eigenvalue weighted by molar-refractivity contribution is -0.117. The number of hydrogen-bond acceptors (Lipinski definition) is 9. The number of halogens is 2. The summed E-state index contributed by atoms with van der Waals surface area (Å²) in [6.07, 6.45) is 10.9. The van der Waals surface area contributed by atoms with Gasteiger partial charge in [0.1, 0.15) is 17.1 Å². The van der Waals surface area contributed by atoms with E-state index < -0.39 is 0 Å². The van der Waals surface area contributed by atoms with E-state index in [2.05, 4.69) is 31.8 Å². The first-order chi connectivity index (χ1) is 22.2. The molecule has 1 aromatic carbocycles. The van der Waals surface area contributed by atoms with Crippen molar-refractivity contribution in [2.45, 2.75) is 50.2 Å². The molecule has 1 amide bonds. The van der Waals surface area contributed by atoms with Crippen molar-refractivity contribution in [3.63, 3.8) is 0 Å². The SMILES string of the molecule is C=CC(=O)N[C@@H]1CN(c2ccn(C3CCCCC3)n2)C[C@@H]1Nc1ncc2cc(-c3c(Cl)c(OC)cc(OC)c3Cl)c(=O)n(C)c2n1. The lowest BCUT2D eigenvalue weighted by atomic mass is 9.96. The fraction of sp³-hybridized carbons (Fsp3) is 0.406. The van der Waals surface area contributed by atoms with E-state index in [0.717, 1.165) is 18.7 Å². The normalized spacial score (nSPS) is 18.5. The summed E-state index contributed by atoms with van der Waals surface area (Å²) in [6, 6.07) is 5.15. The van der Waals surface area contributed by atoms with Gasteiger partial charge in [0.2, 0.25) is 11.9 Å². The molecule has 46 heavy (non-hydrogen) atoms. The van der Waals surface area contributed by atoms with E-state index in [0.29, 0.717) is 53.2 Å². The zero-order chi connectivity index (χ0) is 32.5. The predicted octanol–water partition coefficient (Wildman–Crippen LogP) is 4.99. The molecular formula is C32H36Cl2N8O4. The van der Waals surface area contributed by atoms with Gasteiger partial charge in [-0.2, -0.15) is 10.1 Å². The molecule has 1 aliphatic heterocycles. The lowest BCUT2D eigenvalue weighted by Crippen LogP contribution is -2.45. The Morgan fingerprint density at radius 3 is 2.43 bits per heavy atom. The van der Waals surface area contributed by atoms with Gasteiger partial charge >= 0.3 is 0 Å². The topological polar surface area (TPSA) is 128 Å². The predicted molar refractivity (Wildman–Crippen MR) is 179 cm³/mol. The Kier molecular flexibility index (Phi) is 9.10. The smallest absolute Gasteiger partial charge is 0.259 e. The van der Waals surface area contributed by atoms with Crippen LogP contribution in [0.25, 0.3) is 22.2 Å². The number of aryl methyl sites for hydroxylation is 1. The van der Waals surface area contributed by atoms with E-state index in [9.17, 15) is 9.59 Å². The minimum Gasteiger partial charge on any atom is -0.495 e. The number of benzene rings is 1. The number of hydrogen-bond donors (Lipinski definition) is 2. The van der Waals surface area contributed by atoms with Crippen LogP contribution < -0.4 is 30.6 Å². The Labute approximate surface area is 276 Å². The average Bonchev–Trinajstić information content (AvgIpc) is 3.72. The van der Waals surface area contributed by atoms with E-state index in [-0.39, 0.29) is 39.2 Å². The molecule has 4 aromatic rings. The molecule has 0 radical (unpaired) electrons. The van der Waals surface area contributed by atoms with Gasteiger partial charge in [0, 0.05) is 55.6 Å². The molecule has 0 spiro atoms. The Hall–Kier alpha value is -4.29. The first kappa shape index (κ1) is 31.7. The van der Waals surface area contributed by atoms with Crippen LogP contribution in [-0.2, 0) is 11.8 Å². The van der Waals surface area contributed by atoms with Crippen LogP contribution in [0.3, 0.4) is 0 Å². The van der Waals surface area contributed by atoms with Crippen molar-refractivity contribution in [1.29, 1.82) is 0 Å². The average molecular weight is 668 g/mol. The first-order valence-electron chi connectivity index (χ1n) is 15.2. The summed E-state index contributed by atoms with van der Waals surface area (Å²) >= 11 is 13.3. The highest BCUT2D eigenvalue weighted by atomic mass is 35.5. The van der Waals surface area contributed by atoms with Crippen LogP contribution in [-0.4, -0.2) is 69.6 Å². The van der Waals surface area contributed by atoms with Gasteiger partial charge in [-0.25, -0.2) is 4.98 Å². The van der Waals surface area contributed by atoms with Crippen molar-refractivity contribution in [3.8, 4) is 22.6 Å². The Morgan fingerprint density at radius 2 is 1.76 bits per heavy atom. The summed E-state index contributed by atoms with van der Waals surface area (Å²) in [7, 11) is 4.57. The summed E-state index contributed by atoms with van der Waals surface area (Å²) in [5.74, 6) is 1.54. The lowest BCUT2D eigenvalue weighted by Gasteiger charge is -2.22. The molecule has 242 valence electrons. The Bertz CT molecular complexity index is 1820. The summed E-state index contributed by atoms with van der Waals surface area (Å²) < 4.78 is 14.3. The van der Waals surface area contributed by atoms with Crippen LogP contribution >= 0.6 is 23.2 Å². The van der Waals surface area contributed by atoms with Gasteiger partial charge in [0.15, 0.2) is 5.82 Å². The van der Waals surface area contributed by atoms with Crippen molar-refractivity contribution in [3.05, 3.63) is 63.6 Å². The van der Waals surface area contributed by atoms with Gasteiger partial charge in [-0.3, -0.25) is 18.8 Å². The molecule has 1 saturated carbocycles. The van der Waals surface area contributed by atoms with Gasteiger partial charge in [0.05, 0.1) is 48.0 Å². The molecule has 4 heterocycles. The zero-order valence-electron chi connectivity index (χ0n) is 25.9. The molecule has 2 fully saturated rings. The van der Waals surface area contributed by atoms with Gasteiger partial charge in [-0.1, -0.05) is 49.0 Å². The van der Waals surface area contributed by atoms with Crippen LogP contribution in [0.2, 0.25) is 10.0 Å². The fourth-order valence-corrected chi connectivity index (χ4v) is 7.06. The number of rotatable bonds is 9. The number of carbonyl (C=O) groups excluding carboxylic acids is 1. The number of carbonyl (C=O) groups is 1. The quantitative estimate of drug-likeness (QED) is 0.237. The first-order valence-corrected chi connectivity index (χ1v) is 15.9. The Morgan fingerprint density at radius 1 is 1.07 bits per heavy atom. The number of ether oxygens (including phenoxy) is 2. The van der Waals surface area contributed by atoms with Crippen LogP contribution in [0, 0.1) is 0 Å². The maximum atomic E-state index is 13.7. The van der Waals surface area contributed by atoms with E-state index in [1.807, 2.05) is 12.3 Å². The third-order valence-electron chi connectivity index (χ3n) is 8.81. The molecule has 1 aliphatic carbocycles. The molecule has 2 aliphatic rings. The summed E-state index contributed by atoms with van der Waals surface area (Å²) in [5, 5.41) is 12.3. The second-order valence-corrected chi connectivity index (χ2v) is 12.4. The standard InChI is InChI=1S/C32H36Cl2N8O4/c1-5-26(43)36-21-16-41(25-11-12-42(39-25)19-9-7-6-8-10-19)17-22(21)37-32-35-15-18-13-20(31(44)40(2)30(18)38-32)27-28(33)23(45-3)14-24(46-4)29(27)34/h5,11-15,19,21-22H,1,6-10,16-17H2,2-4H3,(H,36,43)(H,35,37,38)/t21-,22+/m1/s1. The molecular weight excluding hydrogens is 631 g/mol. The molecule has 6 rings (SSSR count). The van der Waals surface area contributed by atoms with Crippen molar-refractivity contribution < 1.29 is 14.3 Å². The highest BCUT2D eigenvalue weighted by molar-refractivity contribution is 6.41. The molecule has 12 nitrogen and oxygen atoms in total. The second-order valence-electron chi connectivity index (χ2n) is 11.6. The number of nitrogens with one attached hydrogen (secondary N) is 2. The number of pyridine rings is 1. The van der Waals surface area contributed by atoms with Crippen molar-refractivity contribution >= 4 is 51.9 Å². The van der Waals surface area contributed by atoms with Crippen LogP contribution in [0.4, 0.5) is 11.8 Å². The number of methoxy groups -OCH3 is 2. The van der Waals surface area contributed by atoms with Crippen molar-refractivity contribution in [2.24, 2.45) is 7.05 Å². The number of anilines is 2. The number of nitrogens with zero attached hydrogens (tertiary/aromatic N) is 6. The minimum atomic E-state index is -0.368. The maximum Gasteiger partial charge on any atom is 0.259 e. The van der Waals surface area contributed by atoms with E-state index >= 15 is 0 Å². The number of aromatic nitrogens is 5. The van der Waals surface area contributed by atoms with Crippen LogP contribution in [0.5, 0.6) is 11.5 Å². The third kappa shape index (κ3) is 5.99. The van der Waals surface area contributed by atoms with Gasteiger partial charge in [-0.05, 0) is 25.0 Å². The fourth-order valence-electron chi connectivity index (χ4n) is 6.35. The largest absolute Gasteiger partial charge is 0.495 e. The van der Waals surface area contributed by atoms with Crippen molar-refractivity contribution in [2.75, 3.05) is 37.5 Å². The second kappa shape index (κ2) is 13.2. The van der Waals surface area contributed by atoms with Crippen LogP contribution in [0.15, 0.2) is 48.0 Å². The van der Waals surface area contributed by atoms with Gasteiger partial charge in [-0.15, -0.1) is 0 Å².